The molecule has 0 saturated carbocycles. The predicted octanol–water partition coefficient (Wildman–Crippen LogP) is -0.754. The van der Waals surface area contributed by atoms with Gasteiger partial charge in [-0.25, -0.2) is 14.6 Å². The van der Waals surface area contributed by atoms with Gasteiger partial charge < -0.3 is 10.9 Å². The Kier molecular flexibility index (Phi) is 3.14. The first-order chi connectivity index (χ1) is 8.20. The maximum absolute atomic E-state index is 8.54. The average molecular weight is 252 g/mol. The molecule has 2 aromatic rings. The Labute approximate surface area is 99.7 Å². The number of amidine groups is 1. The Morgan fingerprint density at radius 1 is 1.59 bits per heavy atom. The normalized spacial score (nSPS) is 11.7. The topological polar surface area (TPSA) is 128 Å². The fraction of sp³-hybridized carbons (Fsp3) is 0.143. The minimum atomic E-state index is -0.0784. The van der Waals surface area contributed by atoms with Crippen LogP contribution in [0.2, 0.25) is 0 Å². The second-order valence-electron chi connectivity index (χ2n) is 2.90. The molecule has 0 aliphatic rings. The van der Waals surface area contributed by atoms with Crippen LogP contribution in [0.25, 0.3) is 0 Å². The van der Waals surface area contributed by atoms with Crippen molar-refractivity contribution in [2.75, 3.05) is 0 Å². The molecule has 0 spiro atoms. The number of aryl methyl sites for hydroxylation is 1. The molecule has 0 aromatic carbocycles. The largest absolute Gasteiger partial charge is 0.409 e. The van der Waals surface area contributed by atoms with Crippen molar-refractivity contribution in [3.63, 3.8) is 0 Å². The van der Waals surface area contributed by atoms with Crippen LogP contribution in [0.4, 0.5) is 0 Å². The van der Waals surface area contributed by atoms with Crippen LogP contribution in [0.3, 0.4) is 0 Å². The molecule has 2 rings (SSSR count). The van der Waals surface area contributed by atoms with E-state index >= 15 is 0 Å². The highest BCUT2D eigenvalue weighted by Gasteiger charge is 2.09. The van der Waals surface area contributed by atoms with Crippen LogP contribution in [0.1, 0.15) is 5.69 Å². The third-order valence-corrected chi connectivity index (χ3v) is 2.68. The summed E-state index contributed by atoms with van der Waals surface area (Å²) in [4.78, 5) is 8.11. The smallest absolute Gasteiger partial charge is 0.216 e. The third-order valence-electron chi connectivity index (χ3n) is 1.77. The highest BCUT2D eigenvalue weighted by atomic mass is 32.2. The first-order valence-corrected chi connectivity index (χ1v) is 5.23. The molecule has 2 aromatic heterocycles. The summed E-state index contributed by atoms with van der Waals surface area (Å²) in [5.74, 6) is -0.0784. The summed E-state index contributed by atoms with van der Waals surface area (Å²) in [7, 11) is 1.70. The fourth-order valence-corrected chi connectivity index (χ4v) is 1.64. The van der Waals surface area contributed by atoms with Crippen molar-refractivity contribution in [3.8, 4) is 0 Å². The van der Waals surface area contributed by atoms with Gasteiger partial charge in [0.15, 0.2) is 11.0 Å². The average Bonchev–Trinajstić information content (AvgIpc) is 2.74. The van der Waals surface area contributed by atoms with E-state index in [0.29, 0.717) is 16.0 Å². The second-order valence-corrected chi connectivity index (χ2v) is 3.83. The van der Waals surface area contributed by atoms with Gasteiger partial charge in [-0.2, -0.15) is 0 Å². The van der Waals surface area contributed by atoms with Crippen LogP contribution in [-0.2, 0) is 7.05 Å². The lowest BCUT2D eigenvalue weighted by Crippen LogP contribution is -2.15. The zero-order valence-corrected chi connectivity index (χ0v) is 9.53. The van der Waals surface area contributed by atoms with E-state index in [-0.39, 0.29) is 5.84 Å². The molecular weight excluding hydrogens is 244 g/mol. The van der Waals surface area contributed by atoms with E-state index in [2.05, 4.69) is 30.6 Å². The molecule has 0 aliphatic carbocycles. The minimum Gasteiger partial charge on any atom is -0.409 e. The molecule has 0 atom stereocenters. The Bertz CT molecular complexity index is 552. The first-order valence-electron chi connectivity index (χ1n) is 4.42. The lowest BCUT2D eigenvalue weighted by atomic mass is 10.4. The van der Waals surface area contributed by atoms with Gasteiger partial charge in [0, 0.05) is 13.2 Å². The summed E-state index contributed by atoms with van der Waals surface area (Å²) >= 11 is 1.18. The molecule has 0 aliphatic heterocycles. The number of nitrogens with zero attached hydrogens (tertiary/aromatic N) is 7. The van der Waals surface area contributed by atoms with E-state index in [1.54, 1.807) is 7.05 Å². The van der Waals surface area contributed by atoms with Gasteiger partial charge in [0.05, 0.1) is 0 Å². The van der Waals surface area contributed by atoms with Crippen molar-refractivity contribution in [2.45, 2.75) is 10.3 Å². The van der Waals surface area contributed by atoms with Gasteiger partial charge in [0.25, 0.3) is 0 Å². The molecule has 88 valence electrons. The molecular formula is C7H8N8OS. The lowest BCUT2D eigenvalue weighted by molar-refractivity contribution is 0.318. The molecule has 10 heteroatoms. The predicted molar refractivity (Wildman–Crippen MR) is 57.5 cm³/mol. The summed E-state index contributed by atoms with van der Waals surface area (Å²) in [6, 6.07) is 1.54. The summed E-state index contributed by atoms with van der Waals surface area (Å²) in [5.41, 5.74) is 5.75. The molecule has 0 radical (unpaired) electrons. The van der Waals surface area contributed by atoms with Crippen molar-refractivity contribution in [3.05, 3.63) is 18.0 Å². The van der Waals surface area contributed by atoms with Gasteiger partial charge in [0.1, 0.15) is 5.69 Å². The summed E-state index contributed by atoms with van der Waals surface area (Å²) in [6.45, 7) is 0. The highest BCUT2D eigenvalue weighted by molar-refractivity contribution is 7.99. The van der Waals surface area contributed by atoms with Gasteiger partial charge in [-0.3, -0.25) is 0 Å². The van der Waals surface area contributed by atoms with Crippen LogP contribution >= 0.6 is 11.8 Å². The molecule has 17 heavy (non-hydrogen) atoms. The third kappa shape index (κ3) is 2.47. The molecule has 0 unspecified atom stereocenters. The van der Waals surface area contributed by atoms with Crippen molar-refractivity contribution in [1.29, 1.82) is 0 Å². The number of hydrogen-bond donors (Lipinski definition) is 2. The number of oxime groups is 1. The second kappa shape index (κ2) is 4.74. The first kappa shape index (κ1) is 11.3. The Morgan fingerprint density at radius 3 is 3.06 bits per heavy atom. The van der Waals surface area contributed by atoms with Crippen LogP contribution in [0, 0.1) is 0 Å². The van der Waals surface area contributed by atoms with Crippen molar-refractivity contribution < 1.29 is 5.21 Å². The monoisotopic (exact) mass is 252 g/mol. The molecule has 0 fully saturated rings. The van der Waals surface area contributed by atoms with E-state index in [4.69, 9.17) is 10.9 Å². The van der Waals surface area contributed by atoms with E-state index in [0.717, 1.165) is 0 Å². The van der Waals surface area contributed by atoms with Gasteiger partial charge in [-0.05, 0) is 28.3 Å². The van der Waals surface area contributed by atoms with E-state index in [1.165, 1.54) is 28.7 Å². The van der Waals surface area contributed by atoms with Crippen LogP contribution in [0.5, 0.6) is 0 Å². The fourth-order valence-electron chi connectivity index (χ4n) is 0.973. The summed E-state index contributed by atoms with van der Waals surface area (Å²) in [5, 5.41) is 23.3. The van der Waals surface area contributed by atoms with Crippen LogP contribution < -0.4 is 5.73 Å². The summed E-state index contributed by atoms with van der Waals surface area (Å²) in [6.07, 6.45) is 1.51. The molecule has 2 heterocycles. The number of tetrazole rings is 1. The minimum absolute atomic E-state index is 0.0784. The van der Waals surface area contributed by atoms with Gasteiger partial charge in [0.2, 0.25) is 5.16 Å². The zero-order chi connectivity index (χ0) is 12.3. The van der Waals surface area contributed by atoms with E-state index in [1.807, 2.05) is 0 Å². The maximum atomic E-state index is 8.54. The SMILES string of the molecule is Cn1nnnc1Sc1nccc(/C(N)=N/O)n1. The molecule has 0 bridgehead atoms. The van der Waals surface area contributed by atoms with Gasteiger partial charge in [-0.1, -0.05) is 5.16 Å². The molecule has 3 N–H and O–H groups in total. The van der Waals surface area contributed by atoms with Gasteiger partial charge in [-0.15, -0.1) is 5.10 Å². The molecule has 0 amide bonds. The molecule has 9 nitrogen and oxygen atoms in total. The standard InChI is InChI=1S/C7H8N8OS/c1-15-7(11-13-14-15)17-6-9-3-2-4(10-6)5(8)12-16/h2-3,16H,1H3,(H2,8,12). The quantitative estimate of drug-likeness (QED) is 0.240. The van der Waals surface area contributed by atoms with Crippen LogP contribution in [-0.4, -0.2) is 41.2 Å². The number of aromatic nitrogens is 6. The van der Waals surface area contributed by atoms with Crippen molar-refractivity contribution in [1.82, 2.24) is 30.2 Å². The lowest BCUT2D eigenvalue weighted by Gasteiger charge is -2.00. The van der Waals surface area contributed by atoms with E-state index < -0.39 is 0 Å². The van der Waals surface area contributed by atoms with Gasteiger partial charge >= 0.3 is 0 Å². The zero-order valence-electron chi connectivity index (χ0n) is 8.72. The maximum Gasteiger partial charge on any atom is 0.216 e. The van der Waals surface area contributed by atoms with Crippen molar-refractivity contribution in [2.24, 2.45) is 17.9 Å². The number of nitrogens with two attached hydrogens (primary N) is 1. The Balaban J connectivity index is 2.26. The summed E-state index contributed by atoms with van der Waals surface area (Å²) < 4.78 is 1.49. The number of hydrogen-bond acceptors (Lipinski definition) is 8. The molecule has 0 saturated heterocycles. The van der Waals surface area contributed by atoms with E-state index in [9.17, 15) is 0 Å². The Hall–Kier alpha value is -2.23. The van der Waals surface area contributed by atoms with Crippen molar-refractivity contribution >= 4 is 17.6 Å². The Morgan fingerprint density at radius 2 is 2.41 bits per heavy atom. The number of rotatable bonds is 3. The van der Waals surface area contributed by atoms with Crippen LogP contribution in [0.15, 0.2) is 27.7 Å². The highest BCUT2D eigenvalue weighted by Crippen LogP contribution is 2.20.